The van der Waals surface area contributed by atoms with Crippen molar-refractivity contribution in [1.29, 1.82) is 0 Å². The van der Waals surface area contributed by atoms with Gasteiger partial charge in [0.05, 0.1) is 0 Å². The van der Waals surface area contributed by atoms with E-state index in [1.54, 1.807) is 6.20 Å². The van der Waals surface area contributed by atoms with Gasteiger partial charge in [-0.2, -0.15) is 12.6 Å². The molecule has 0 aliphatic carbocycles. The Kier molecular flexibility index (Phi) is 2.42. The van der Waals surface area contributed by atoms with E-state index in [4.69, 9.17) is 11.6 Å². The van der Waals surface area contributed by atoms with E-state index < -0.39 is 0 Å². The fraction of sp³-hybridized carbons (Fsp3) is 0.100. The second-order valence-electron chi connectivity index (χ2n) is 2.77. The molecule has 0 aliphatic heterocycles. The summed E-state index contributed by atoms with van der Waals surface area (Å²) in [7, 11) is 0. The lowest BCUT2D eigenvalue weighted by Crippen LogP contribution is -1.87. The van der Waals surface area contributed by atoms with Crippen LogP contribution >= 0.6 is 24.2 Å². The number of nitrogens with zero attached hydrogens (tertiary/aromatic N) is 1. The Morgan fingerprint density at radius 2 is 2.08 bits per heavy atom. The Balaban J connectivity index is 2.84. The fourth-order valence-electron chi connectivity index (χ4n) is 1.35. The Hall–Kier alpha value is -0.730. The van der Waals surface area contributed by atoms with Gasteiger partial charge >= 0.3 is 0 Å². The topological polar surface area (TPSA) is 12.9 Å². The molecular formula is C10H8ClNS. The van der Waals surface area contributed by atoms with Crippen LogP contribution in [0, 0.1) is 0 Å². The molecule has 0 unspecified atom stereocenters. The van der Waals surface area contributed by atoms with Crippen LogP contribution in [0.15, 0.2) is 30.5 Å². The van der Waals surface area contributed by atoms with E-state index in [9.17, 15) is 0 Å². The minimum Gasteiger partial charge on any atom is -0.244 e. The number of benzene rings is 1. The van der Waals surface area contributed by atoms with E-state index in [1.807, 2.05) is 24.3 Å². The van der Waals surface area contributed by atoms with Gasteiger partial charge in [-0.1, -0.05) is 35.9 Å². The van der Waals surface area contributed by atoms with E-state index >= 15 is 0 Å². The molecule has 0 radical (unpaired) electrons. The summed E-state index contributed by atoms with van der Waals surface area (Å²) in [6.45, 7) is 0. The monoisotopic (exact) mass is 209 g/mol. The number of thiol groups is 1. The molecule has 2 rings (SSSR count). The molecule has 1 nitrogen and oxygen atoms in total. The van der Waals surface area contributed by atoms with Gasteiger partial charge in [0, 0.05) is 22.9 Å². The molecule has 0 amide bonds. The first kappa shape index (κ1) is 8.85. The van der Waals surface area contributed by atoms with E-state index in [0.29, 0.717) is 10.9 Å². The molecule has 3 heteroatoms. The van der Waals surface area contributed by atoms with Crippen LogP contribution in [0.3, 0.4) is 0 Å². The van der Waals surface area contributed by atoms with E-state index in [1.165, 1.54) is 0 Å². The van der Waals surface area contributed by atoms with Gasteiger partial charge in [0.2, 0.25) is 0 Å². The smallest absolute Gasteiger partial charge is 0.133 e. The zero-order valence-corrected chi connectivity index (χ0v) is 8.52. The second kappa shape index (κ2) is 3.56. The molecule has 1 heterocycles. The predicted molar refractivity (Wildman–Crippen MR) is 59.4 cm³/mol. The number of rotatable bonds is 1. The van der Waals surface area contributed by atoms with Crippen molar-refractivity contribution in [3.63, 3.8) is 0 Å². The quantitative estimate of drug-likeness (QED) is 0.562. The minimum atomic E-state index is 0.550. The molecule has 0 atom stereocenters. The maximum Gasteiger partial charge on any atom is 0.133 e. The molecule has 0 bridgehead atoms. The number of fused-ring (bicyclic) bond motifs is 1. The van der Waals surface area contributed by atoms with Crippen LogP contribution in [0.5, 0.6) is 0 Å². The van der Waals surface area contributed by atoms with Gasteiger partial charge in [0.1, 0.15) is 5.15 Å². The zero-order valence-electron chi connectivity index (χ0n) is 6.87. The summed E-state index contributed by atoms with van der Waals surface area (Å²) in [5.41, 5.74) is 1.00. The predicted octanol–water partition coefficient (Wildman–Crippen LogP) is 3.32. The van der Waals surface area contributed by atoms with Crippen molar-refractivity contribution in [3.8, 4) is 0 Å². The van der Waals surface area contributed by atoms with Crippen LogP contribution < -0.4 is 0 Å². The first-order valence-corrected chi connectivity index (χ1v) is 4.97. The first-order valence-electron chi connectivity index (χ1n) is 3.96. The molecule has 0 saturated heterocycles. The van der Waals surface area contributed by atoms with E-state index in [0.717, 1.165) is 16.3 Å². The van der Waals surface area contributed by atoms with Gasteiger partial charge < -0.3 is 0 Å². The van der Waals surface area contributed by atoms with Crippen LogP contribution in [0.2, 0.25) is 5.15 Å². The Morgan fingerprint density at radius 1 is 1.31 bits per heavy atom. The van der Waals surface area contributed by atoms with Crippen LogP contribution in [0.4, 0.5) is 0 Å². The highest BCUT2D eigenvalue weighted by Gasteiger charge is 2.04. The van der Waals surface area contributed by atoms with Crippen molar-refractivity contribution in [2.75, 3.05) is 0 Å². The summed E-state index contributed by atoms with van der Waals surface area (Å²) >= 11 is 10.2. The standard InChI is InChI=1S/C10H8ClNS/c11-10-9(6-13)8-4-2-1-3-7(8)5-12-10/h1-5,13H,6H2. The SMILES string of the molecule is SCc1c(Cl)ncc2ccccc12. The molecule has 0 spiro atoms. The summed E-state index contributed by atoms with van der Waals surface area (Å²) < 4.78 is 0. The molecule has 0 aliphatic rings. The van der Waals surface area contributed by atoms with Crippen LogP contribution in [0.25, 0.3) is 10.8 Å². The number of hydrogen-bond donors (Lipinski definition) is 1. The lowest BCUT2D eigenvalue weighted by molar-refractivity contribution is 1.29. The average Bonchev–Trinajstić information content (AvgIpc) is 2.18. The summed E-state index contributed by atoms with van der Waals surface area (Å²) in [4.78, 5) is 4.09. The first-order chi connectivity index (χ1) is 6.33. The molecule has 0 saturated carbocycles. The third kappa shape index (κ3) is 1.52. The number of hydrogen-bond acceptors (Lipinski definition) is 2. The molecule has 1 aromatic carbocycles. The third-order valence-corrected chi connectivity index (χ3v) is 2.65. The van der Waals surface area contributed by atoms with Gasteiger partial charge in [0.15, 0.2) is 0 Å². The normalized spacial score (nSPS) is 10.6. The maximum absolute atomic E-state index is 5.94. The molecule has 66 valence electrons. The van der Waals surface area contributed by atoms with Crippen molar-refractivity contribution in [2.45, 2.75) is 5.75 Å². The lowest BCUT2D eigenvalue weighted by atomic mass is 10.1. The highest BCUT2D eigenvalue weighted by Crippen LogP contribution is 2.24. The number of pyridine rings is 1. The van der Waals surface area contributed by atoms with Crippen molar-refractivity contribution < 1.29 is 0 Å². The molecular weight excluding hydrogens is 202 g/mol. The van der Waals surface area contributed by atoms with Crippen molar-refractivity contribution in [1.82, 2.24) is 4.98 Å². The summed E-state index contributed by atoms with van der Waals surface area (Å²) in [6, 6.07) is 8.03. The number of aromatic nitrogens is 1. The highest BCUT2D eigenvalue weighted by atomic mass is 35.5. The van der Waals surface area contributed by atoms with Gasteiger partial charge in [-0.3, -0.25) is 0 Å². The highest BCUT2D eigenvalue weighted by molar-refractivity contribution is 7.79. The third-order valence-electron chi connectivity index (χ3n) is 2.01. The van der Waals surface area contributed by atoms with Crippen LogP contribution in [-0.4, -0.2) is 4.98 Å². The maximum atomic E-state index is 5.94. The Bertz CT molecular complexity index is 442. The van der Waals surface area contributed by atoms with Gasteiger partial charge in [-0.25, -0.2) is 4.98 Å². The lowest BCUT2D eigenvalue weighted by Gasteiger charge is -2.04. The molecule has 2 aromatic rings. The Morgan fingerprint density at radius 3 is 2.85 bits per heavy atom. The molecule has 0 N–H and O–H groups in total. The molecule has 0 fully saturated rings. The Labute approximate surface area is 87.2 Å². The van der Waals surface area contributed by atoms with Gasteiger partial charge in [0.25, 0.3) is 0 Å². The summed E-state index contributed by atoms with van der Waals surface area (Å²) in [5, 5.41) is 2.79. The fourth-order valence-corrected chi connectivity index (χ4v) is 1.98. The van der Waals surface area contributed by atoms with Crippen molar-refractivity contribution in [2.24, 2.45) is 0 Å². The zero-order chi connectivity index (χ0) is 9.26. The summed E-state index contributed by atoms with van der Waals surface area (Å²) in [6.07, 6.45) is 1.78. The average molecular weight is 210 g/mol. The summed E-state index contributed by atoms with van der Waals surface area (Å²) in [5.74, 6) is 0.618. The van der Waals surface area contributed by atoms with Gasteiger partial charge in [-0.05, 0) is 5.39 Å². The number of halogens is 1. The van der Waals surface area contributed by atoms with E-state index in [2.05, 4.69) is 17.6 Å². The van der Waals surface area contributed by atoms with Crippen LogP contribution in [-0.2, 0) is 5.75 Å². The molecule has 1 aromatic heterocycles. The van der Waals surface area contributed by atoms with Crippen LogP contribution in [0.1, 0.15) is 5.56 Å². The minimum absolute atomic E-state index is 0.550. The van der Waals surface area contributed by atoms with Crippen molar-refractivity contribution >= 4 is 35.0 Å². The second-order valence-corrected chi connectivity index (χ2v) is 3.45. The van der Waals surface area contributed by atoms with E-state index in [-0.39, 0.29) is 0 Å². The van der Waals surface area contributed by atoms with Gasteiger partial charge in [-0.15, -0.1) is 0 Å². The van der Waals surface area contributed by atoms with Crippen molar-refractivity contribution in [3.05, 3.63) is 41.2 Å². The largest absolute Gasteiger partial charge is 0.244 e. The molecule has 13 heavy (non-hydrogen) atoms.